The van der Waals surface area contributed by atoms with Crippen LogP contribution in [-0.4, -0.2) is 40.2 Å². The molecule has 0 fully saturated rings. The highest BCUT2D eigenvalue weighted by molar-refractivity contribution is 7.80. The van der Waals surface area contributed by atoms with Crippen molar-refractivity contribution in [1.82, 2.24) is 10.2 Å². The van der Waals surface area contributed by atoms with E-state index in [1.54, 1.807) is 51.1 Å². The fourth-order valence-corrected chi connectivity index (χ4v) is 3.49. The van der Waals surface area contributed by atoms with Gasteiger partial charge in [0, 0.05) is 17.5 Å². The molecule has 0 aliphatic carbocycles. The van der Waals surface area contributed by atoms with Crippen LogP contribution in [0.1, 0.15) is 43.5 Å². The van der Waals surface area contributed by atoms with E-state index >= 15 is 0 Å². The number of benzene rings is 2. The van der Waals surface area contributed by atoms with Gasteiger partial charge in [0.15, 0.2) is 0 Å². The largest absolute Gasteiger partial charge is 0.444 e. The molecule has 2 unspecified atom stereocenters. The van der Waals surface area contributed by atoms with Gasteiger partial charge in [0.05, 0.1) is 0 Å². The SMILES string of the molecule is C#CN(C(=O)C(CS)NC(=O)OC(C)(C)C)C(C(=O)Nc1ccccc1C)c1cccc(C)c1. The number of thiol groups is 1. The lowest BCUT2D eigenvalue weighted by molar-refractivity contribution is -0.136. The summed E-state index contributed by atoms with van der Waals surface area (Å²) in [5, 5.41) is 5.36. The second kappa shape index (κ2) is 11.6. The van der Waals surface area contributed by atoms with Gasteiger partial charge in [-0.25, -0.2) is 4.79 Å². The van der Waals surface area contributed by atoms with Crippen LogP contribution in [0, 0.1) is 26.3 Å². The monoisotopic (exact) mass is 481 g/mol. The number of ether oxygens (including phenoxy) is 1. The number of nitrogens with zero attached hydrogens (tertiary/aromatic N) is 1. The van der Waals surface area contributed by atoms with Crippen molar-refractivity contribution in [2.45, 2.75) is 52.3 Å². The van der Waals surface area contributed by atoms with Gasteiger partial charge in [-0.1, -0.05) is 54.5 Å². The van der Waals surface area contributed by atoms with Crippen LogP contribution in [-0.2, 0) is 14.3 Å². The maximum absolute atomic E-state index is 13.5. The molecular formula is C26H31N3O4S. The molecule has 8 heteroatoms. The summed E-state index contributed by atoms with van der Waals surface area (Å²) in [6.45, 7) is 8.87. The van der Waals surface area contributed by atoms with Crippen molar-refractivity contribution in [2.24, 2.45) is 0 Å². The Morgan fingerprint density at radius 3 is 2.35 bits per heavy atom. The first-order chi connectivity index (χ1) is 16.0. The Hall–Kier alpha value is -3.44. The number of para-hydroxylation sites is 1. The van der Waals surface area contributed by atoms with Crippen molar-refractivity contribution in [2.75, 3.05) is 11.1 Å². The molecule has 2 aromatic rings. The Morgan fingerprint density at radius 1 is 1.12 bits per heavy atom. The summed E-state index contributed by atoms with van der Waals surface area (Å²) in [5.41, 5.74) is 2.14. The molecule has 0 aliphatic rings. The molecule has 0 heterocycles. The molecule has 0 radical (unpaired) electrons. The van der Waals surface area contributed by atoms with E-state index in [1.807, 2.05) is 32.0 Å². The first-order valence-electron chi connectivity index (χ1n) is 10.8. The Morgan fingerprint density at radius 2 is 1.79 bits per heavy atom. The van der Waals surface area contributed by atoms with Crippen molar-refractivity contribution in [1.29, 1.82) is 0 Å². The Labute approximate surface area is 206 Å². The molecule has 3 amide bonds. The van der Waals surface area contributed by atoms with Crippen molar-refractivity contribution >= 4 is 36.2 Å². The van der Waals surface area contributed by atoms with Crippen molar-refractivity contribution in [3.63, 3.8) is 0 Å². The molecule has 2 N–H and O–H groups in total. The van der Waals surface area contributed by atoms with Crippen LogP contribution in [0.25, 0.3) is 0 Å². The van der Waals surface area contributed by atoms with Gasteiger partial charge >= 0.3 is 6.09 Å². The average molecular weight is 482 g/mol. The second-order valence-electron chi connectivity index (χ2n) is 8.84. The maximum Gasteiger partial charge on any atom is 0.408 e. The van der Waals surface area contributed by atoms with E-state index in [2.05, 4.69) is 29.3 Å². The number of amides is 3. The smallest absolute Gasteiger partial charge is 0.408 e. The third-order valence-electron chi connectivity index (χ3n) is 4.82. The van der Waals surface area contributed by atoms with Gasteiger partial charge in [-0.05, 0) is 51.8 Å². The highest BCUT2D eigenvalue weighted by Gasteiger charge is 2.35. The molecule has 2 aromatic carbocycles. The van der Waals surface area contributed by atoms with Crippen molar-refractivity contribution in [3.8, 4) is 12.5 Å². The number of anilines is 1. The number of aryl methyl sites for hydroxylation is 2. The summed E-state index contributed by atoms with van der Waals surface area (Å²) >= 11 is 4.21. The number of terminal acetylenes is 1. The Balaban J connectivity index is 2.41. The summed E-state index contributed by atoms with van der Waals surface area (Å²) in [5.74, 6) is -1.19. The number of hydrogen-bond acceptors (Lipinski definition) is 5. The predicted molar refractivity (Wildman–Crippen MR) is 136 cm³/mol. The lowest BCUT2D eigenvalue weighted by atomic mass is 10.0. The van der Waals surface area contributed by atoms with Gasteiger partial charge < -0.3 is 15.4 Å². The van der Waals surface area contributed by atoms with Crippen molar-refractivity contribution < 1.29 is 19.1 Å². The number of carbonyl (C=O) groups excluding carboxylic acids is 3. The number of nitrogens with one attached hydrogen (secondary N) is 2. The number of alkyl carbamates (subject to hydrolysis) is 1. The van der Waals surface area contributed by atoms with Crippen LogP contribution >= 0.6 is 12.6 Å². The summed E-state index contributed by atoms with van der Waals surface area (Å²) in [4.78, 5) is 40.1. The average Bonchev–Trinajstić information content (AvgIpc) is 2.75. The molecule has 0 spiro atoms. The molecular weight excluding hydrogens is 450 g/mol. The van der Waals surface area contributed by atoms with Crippen molar-refractivity contribution in [3.05, 3.63) is 65.2 Å². The zero-order chi connectivity index (χ0) is 25.5. The van der Waals surface area contributed by atoms with Crippen LogP contribution in [0.15, 0.2) is 48.5 Å². The fourth-order valence-electron chi connectivity index (χ4n) is 3.24. The lowest BCUT2D eigenvalue weighted by Crippen LogP contribution is -2.51. The standard InChI is InChI=1S/C26H31N3O4S/c1-7-29(24(31)21(16-34)28-25(32)33-26(4,5)6)22(19-13-10-11-17(2)15-19)23(30)27-20-14-9-8-12-18(20)3/h1,8-15,21-22,34H,16H2,2-6H3,(H,27,30)(H,28,32). The van der Waals surface area contributed by atoms with Crippen LogP contribution in [0.3, 0.4) is 0 Å². The van der Waals surface area contributed by atoms with E-state index in [9.17, 15) is 14.4 Å². The predicted octanol–water partition coefficient (Wildman–Crippen LogP) is 4.23. The molecule has 0 saturated carbocycles. The highest BCUT2D eigenvalue weighted by Crippen LogP contribution is 2.25. The first kappa shape index (κ1) is 26.8. The minimum atomic E-state index is -1.14. The third kappa shape index (κ3) is 7.29. The van der Waals surface area contributed by atoms with Gasteiger partial charge in [-0.15, -0.1) is 0 Å². The molecule has 0 saturated heterocycles. The summed E-state index contributed by atoms with van der Waals surface area (Å²) in [6.07, 6.45) is 4.96. The van der Waals surface area contributed by atoms with Crippen LogP contribution in [0.4, 0.5) is 10.5 Å². The zero-order valence-electron chi connectivity index (χ0n) is 20.1. The summed E-state index contributed by atoms with van der Waals surface area (Å²) < 4.78 is 5.25. The summed E-state index contributed by atoms with van der Waals surface area (Å²) in [7, 11) is 0. The first-order valence-corrected chi connectivity index (χ1v) is 11.4. The van der Waals surface area contributed by atoms with E-state index in [4.69, 9.17) is 11.2 Å². The van der Waals surface area contributed by atoms with Crippen LogP contribution in [0.5, 0.6) is 0 Å². The van der Waals surface area contributed by atoms with Gasteiger partial charge in [-0.2, -0.15) is 12.6 Å². The molecule has 0 aromatic heterocycles. The Bertz CT molecular complexity index is 1090. The highest BCUT2D eigenvalue weighted by atomic mass is 32.1. The number of hydrogen-bond donors (Lipinski definition) is 3. The molecule has 0 aliphatic heterocycles. The zero-order valence-corrected chi connectivity index (χ0v) is 21.0. The lowest BCUT2D eigenvalue weighted by Gasteiger charge is -2.30. The maximum atomic E-state index is 13.5. The van der Waals surface area contributed by atoms with Crippen LogP contribution in [0.2, 0.25) is 0 Å². The van der Waals surface area contributed by atoms with E-state index in [1.165, 1.54) is 0 Å². The number of rotatable bonds is 7. The molecule has 2 rings (SSSR count). The van der Waals surface area contributed by atoms with E-state index < -0.39 is 35.6 Å². The molecule has 7 nitrogen and oxygen atoms in total. The summed E-state index contributed by atoms with van der Waals surface area (Å²) in [6, 6.07) is 14.6. The third-order valence-corrected chi connectivity index (χ3v) is 5.18. The molecule has 2 atom stereocenters. The minimum Gasteiger partial charge on any atom is -0.444 e. The molecule has 34 heavy (non-hydrogen) atoms. The van der Waals surface area contributed by atoms with Gasteiger partial charge in [0.25, 0.3) is 11.8 Å². The fraction of sp³-hybridized carbons (Fsp3) is 0.346. The topological polar surface area (TPSA) is 87.7 Å². The van der Waals surface area contributed by atoms with Gasteiger partial charge in [0.2, 0.25) is 0 Å². The minimum absolute atomic E-state index is 0.0454. The van der Waals surface area contributed by atoms with Crippen LogP contribution < -0.4 is 10.6 Å². The van der Waals surface area contributed by atoms with E-state index in [-0.39, 0.29) is 5.75 Å². The molecule has 180 valence electrons. The van der Waals surface area contributed by atoms with E-state index in [0.717, 1.165) is 16.0 Å². The molecule has 0 bridgehead atoms. The van der Waals surface area contributed by atoms with Gasteiger partial charge in [0.1, 0.15) is 17.7 Å². The normalized spacial score (nSPS) is 12.6. The van der Waals surface area contributed by atoms with E-state index in [0.29, 0.717) is 11.3 Å². The quantitative estimate of drug-likeness (QED) is 0.314. The number of carbonyl (C=O) groups is 3. The second-order valence-corrected chi connectivity index (χ2v) is 9.20. The van der Waals surface area contributed by atoms with Gasteiger partial charge in [-0.3, -0.25) is 14.5 Å². The Kier molecular flexibility index (Phi) is 9.16.